The number of hydrogen-bond donors (Lipinski definition) is 1. The number of aliphatic hydroxyl groups is 1. The first-order chi connectivity index (χ1) is 7.42. The minimum atomic E-state index is -0.423. The Morgan fingerprint density at radius 3 is 2.75 bits per heavy atom. The summed E-state index contributed by atoms with van der Waals surface area (Å²) >= 11 is 0. The molecular formula is C15H26O. The fourth-order valence-corrected chi connectivity index (χ4v) is 3.95. The summed E-state index contributed by atoms with van der Waals surface area (Å²) in [5.41, 5.74) is 1.11. The van der Waals surface area contributed by atoms with Crippen LogP contribution in [0.15, 0.2) is 11.6 Å². The third kappa shape index (κ3) is 2.07. The highest BCUT2D eigenvalue weighted by atomic mass is 16.3. The summed E-state index contributed by atoms with van der Waals surface area (Å²) in [5.74, 6) is 2.79. The Labute approximate surface area is 99.9 Å². The number of hydrogen-bond acceptors (Lipinski definition) is 1. The minimum absolute atomic E-state index is 0.423. The van der Waals surface area contributed by atoms with Crippen LogP contribution >= 0.6 is 0 Å². The maximum absolute atomic E-state index is 10.5. The molecule has 2 rings (SSSR count). The summed E-state index contributed by atoms with van der Waals surface area (Å²) in [6.07, 6.45) is 6.84. The summed E-state index contributed by atoms with van der Waals surface area (Å²) in [5, 5.41) is 10.5. The average molecular weight is 222 g/mol. The molecule has 0 aromatic carbocycles. The van der Waals surface area contributed by atoms with E-state index in [1.165, 1.54) is 18.4 Å². The van der Waals surface area contributed by atoms with Crippen LogP contribution in [0.5, 0.6) is 0 Å². The van der Waals surface area contributed by atoms with E-state index in [1.54, 1.807) is 0 Å². The lowest BCUT2D eigenvalue weighted by molar-refractivity contribution is -0.0890. The first-order valence-electron chi connectivity index (χ1n) is 6.80. The van der Waals surface area contributed by atoms with Crippen molar-refractivity contribution in [2.45, 2.75) is 59.0 Å². The second kappa shape index (κ2) is 4.18. The molecule has 0 aliphatic heterocycles. The zero-order chi connectivity index (χ0) is 11.9. The van der Waals surface area contributed by atoms with E-state index in [4.69, 9.17) is 0 Å². The van der Waals surface area contributed by atoms with Gasteiger partial charge in [-0.05, 0) is 63.2 Å². The largest absolute Gasteiger partial charge is 0.390 e. The van der Waals surface area contributed by atoms with E-state index < -0.39 is 5.60 Å². The van der Waals surface area contributed by atoms with E-state index in [9.17, 15) is 5.11 Å². The van der Waals surface area contributed by atoms with Crippen molar-refractivity contribution in [3.05, 3.63) is 11.6 Å². The fraction of sp³-hybridized carbons (Fsp3) is 0.867. The minimum Gasteiger partial charge on any atom is -0.390 e. The van der Waals surface area contributed by atoms with Gasteiger partial charge >= 0.3 is 0 Å². The summed E-state index contributed by atoms with van der Waals surface area (Å²) in [6, 6.07) is 0. The standard InChI is InChI=1S/C15H26O/c1-10(2)12-7-8-15(4,16)14-6-5-11(3)9-13(12)14/h5,10,12-14,16H,6-9H2,1-4H3/t12-,13?,14?,15+/m1/s1. The molecule has 1 fully saturated rings. The summed E-state index contributed by atoms with van der Waals surface area (Å²) in [6.45, 7) is 8.98. The first kappa shape index (κ1) is 12.2. The summed E-state index contributed by atoms with van der Waals surface area (Å²) in [4.78, 5) is 0. The molecule has 2 unspecified atom stereocenters. The van der Waals surface area contributed by atoms with Gasteiger partial charge in [0.05, 0.1) is 5.60 Å². The predicted octanol–water partition coefficient (Wildman–Crippen LogP) is 3.78. The number of rotatable bonds is 1. The molecule has 0 heterocycles. The Balaban J connectivity index is 2.24. The normalized spacial score (nSPS) is 44.1. The van der Waals surface area contributed by atoms with Crippen molar-refractivity contribution in [2.75, 3.05) is 0 Å². The molecule has 1 saturated carbocycles. The Morgan fingerprint density at radius 1 is 1.44 bits per heavy atom. The lowest BCUT2D eigenvalue weighted by atomic mass is 9.58. The molecule has 16 heavy (non-hydrogen) atoms. The smallest absolute Gasteiger partial charge is 0.0653 e. The van der Waals surface area contributed by atoms with Crippen molar-refractivity contribution in [3.8, 4) is 0 Å². The number of allylic oxidation sites excluding steroid dienone is 2. The van der Waals surface area contributed by atoms with Gasteiger partial charge in [-0.25, -0.2) is 0 Å². The Hall–Kier alpha value is -0.300. The van der Waals surface area contributed by atoms with Crippen molar-refractivity contribution in [1.82, 2.24) is 0 Å². The SMILES string of the molecule is CC1=CCC2C(C1)[C@@H](C(C)C)CC[C@]2(C)O. The van der Waals surface area contributed by atoms with Gasteiger partial charge in [0.15, 0.2) is 0 Å². The molecule has 0 spiro atoms. The molecule has 0 saturated heterocycles. The Bertz CT molecular complexity index is 288. The Kier molecular flexibility index (Phi) is 3.18. The molecule has 92 valence electrons. The van der Waals surface area contributed by atoms with Crippen LogP contribution in [-0.2, 0) is 0 Å². The van der Waals surface area contributed by atoms with Crippen LogP contribution < -0.4 is 0 Å². The van der Waals surface area contributed by atoms with E-state index >= 15 is 0 Å². The molecule has 0 radical (unpaired) electrons. The molecule has 2 aliphatic rings. The van der Waals surface area contributed by atoms with Gasteiger partial charge in [0.2, 0.25) is 0 Å². The monoisotopic (exact) mass is 222 g/mol. The van der Waals surface area contributed by atoms with Crippen LogP contribution in [0, 0.1) is 23.7 Å². The van der Waals surface area contributed by atoms with Gasteiger partial charge in [-0.2, -0.15) is 0 Å². The highest BCUT2D eigenvalue weighted by Gasteiger charge is 2.46. The van der Waals surface area contributed by atoms with Crippen molar-refractivity contribution in [1.29, 1.82) is 0 Å². The van der Waals surface area contributed by atoms with Crippen LogP contribution in [0.1, 0.15) is 53.4 Å². The van der Waals surface area contributed by atoms with E-state index in [2.05, 4.69) is 33.8 Å². The third-order valence-electron chi connectivity index (χ3n) is 4.98. The number of fused-ring (bicyclic) bond motifs is 1. The van der Waals surface area contributed by atoms with Gasteiger partial charge in [-0.15, -0.1) is 0 Å². The molecule has 0 bridgehead atoms. The topological polar surface area (TPSA) is 20.2 Å². The average Bonchev–Trinajstić information content (AvgIpc) is 2.16. The molecule has 1 N–H and O–H groups in total. The molecule has 1 heteroatoms. The van der Waals surface area contributed by atoms with Gasteiger partial charge in [-0.3, -0.25) is 0 Å². The second-order valence-electron chi connectivity index (χ2n) is 6.56. The van der Waals surface area contributed by atoms with Gasteiger partial charge in [0.1, 0.15) is 0 Å². The van der Waals surface area contributed by atoms with Gasteiger partial charge in [0, 0.05) is 0 Å². The predicted molar refractivity (Wildman–Crippen MR) is 68.2 cm³/mol. The second-order valence-corrected chi connectivity index (χ2v) is 6.56. The molecule has 1 nitrogen and oxygen atoms in total. The van der Waals surface area contributed by atoms with Crippen molar-refractivity contribution in [3.63, 3.8) is 0 Å². The molecule has 0 aromatic heterocycles. The fourth-order valence-electron chi connectivity index (χ4n) is 3.95. The van der Waals surface area contributed by atoms with Crippen molar-refractivity contribution >= 4 is 0 Å². The highest BCUT2D eigenvalue weighted by Crippen LogP contribution is 2.50. The van der Waals surface area contributed by atoms with Gasteiger partial charge < -0.3 is 5.11 Å². The van der Waals surface area contributed by atoms with Crippen LogP contribution in [0.2, 0.25) is 0 Å². The molecule has 0 aromatic rings. The lowest BCUT2D eigenvalue weighted by Gasteiger charge is -2.50. The maximum atomic E-state index is 10.5. The summed E-state index contributed by atoms with van der Waals surface area (Å²) < 4.78 is 0. The molecular weight excluding hydrogens is 196 g/mol. The van der Waals surface area contributed by atoms with Crippen LogP contribution in [0.4, 0.5) is 0 Å². The lowest BCUT2D eigenvalue weighted by Crippen LogP contribution is -2.48. The van der Waals surface area contributed by atoms with Crippen LogP contribution in [0.3, 0.4) is 0 Å². The van der Waals surface area contributed by atoms with Crippen molar-refractivity contribution < 1.29 is 5.11 Å². The van der Waals surface area contributed by atoms with E-state index in [-0.39, 0.29) is 0 Å². The summed E-state index contributed by atoms with van der Waals surface area (Å²) in [7, 11) is 0. The van der Waals surface area contributed by atoms with Crippen molar-refractivity contribution in [2.24, 2.45) is 23.7 Å². The highest BCUT2D eigenvalue weighted by molar-refractivity contribution is 5.11. The molecule has 0 amide bonds. The van der Waals surface area contributed by atoms with Crippen LogP contribution in [0.25, 0.3) is 0 Å². The van der Waals surface area contributed by atoms with E-state index in [0.717, 1.165) is 24.7 Å². The first-order valence-corrected chi connectivity index (χ1v) is 6.80. The van der Waals surface area contributed by atoms with E-state index in [0.29, 0.717) is 11.8 Å². The zero-order valence-electron chi connectivity index (χ0n) is 11.2. The quantitative estimate of drug-likeness (QED) is 0.669. The maximum Gasteiger partial charge on any atom is 0.0653 e. The molecule has 4 atom stereocenters. The van der Waals surface area contributed by atoms with Crippen LogP contribution in [-0.4, -0.2) is 10.7 Å². The Morgan fingerprint density at radius 2 is 2.12 bits per heavy atom. The van der Waals surface area contributed by atoms with Gasteiger partial charge in [0.25, 0.3) is 0 Å². The van der Waals surface area contributed by atoms with E-state index in [1.807, 2.05) is 0 Å². The van der Waals surface area contributed by atoms with Gasteiger partial charge in [-0.1, -0.05) is 25.5 Å². The zero-order valence-corrected chi connectivity index (χ0v) is 11.2. The molecule has 2 aliphatic carbocycles. The third-order valence-corrected chi connectivity index (χ3v) is 4.98.